The topological polar surface area (TPSA) is 20.2 Å². The molecule has 1 rings (SSSR count). The third-order valence-electron chi connectivity index (χ3n) is 2.41. The monoisotopic (exact) mass is 200 g/mol. The average Bonchev–Trinajstić information content (AvgIpc) is 2.11. The van der Waals surface area contributed by atoms with Crippen LogP contribution in [-0.2, 0) is 6.42 Å². The molecule has 0 saturated carbocycles. The zero-order valence-electron chi connectivity index (χ0n) is 8.30. The van der Waals surface area contributed by atoms with E-state index in [1.165, 1.54) is 18.2 Å². The quantitative estimate of drug-likeness (QED) is 0.794. The molecule has 0 heterocycles. The van der Waals surface area contributed by atoms with E-state index in [1.807, 2.05) is 0 Å². The van der Waals surface area contributed by atoms with Crippen molar-refractivity contribution in [1.82, 2.24) is 0 Å². The summed E-state index contributed by atoms with van der Waals surface area (Å²) < 4.78 is 26.3. The van der Waals surface area contributed by atoms with E-state index in [1.54, 1.807) is 13.8 Å². The molecule has 0 spiro atoms. The molecule has 0 saturated heterocycles. The first-order valence-corrected chi connectivity index (χ1v) is 4.63. The molecular weight excluding hydrogens is 186 g/mol. The van der Waals surface area contributed by atoms with Crippen LogP contribution in [0.15, 0.2) is 18.2 Å². The highest BCUT2D eigenvalue weighted by Gasteiger charge is 2.15. The molecule has 0 radical (unpaired) electrons. The van der Waals surface area contributed by atoms with Crippen molar-refractivity contribution < 1.29 is 13.9 Å². The molecule has 0 fully saturated rings. The molecule has 0 aliphatic heterocycles. The summed E-state index contributed by atoms with van der Waals surface area (Å²) in [5, 5.41) is 9.22. The fourth-order valence-electron chi connectivity index (χ4n) is 1.22. The first kappa shape index (κ1) is 11.1. The van der Waals surface area contributed by atoms with Gasteiger partial charge in [0.2, 0.25) is 0 Å². The molecule has 78 valence electrons. The normalized spacial score (nSPS) is 15.2. The van der Waals surface area contributed by atoms with Crippen LogP contribution < -0.4 is 0 Å². The summed E-state index contributed by atoms with van der Waals surface area (Å²) in [6.45, 7) is 3.37. The summed E-state index contributed by atoms with van der Waals surface area (Å²) in [6, 6.07) is 3.79. The van der Waals surface area contributed by atoms with Crippen molar-refractivity contribution in [2.75, 3.05) is 0 Å². The summed E-state index contributed by atoms with van der Waals surface area (Å²) in [5.74, 6) is -1.24. The highest BCUT2D eigenvalue weighted by molar-refractivity contribution is 5.20. The second-order valence-electron chi connectivity index (χ2n) is 3.62. The van der Waals surface area contributed by atoms with E-state index >= 15 is 0 Å². The summed E-state index contributed by atoms with van der Waals surface area (Å²) in [4.78, 5) is 0. The fraction of sp³-hybridized carbons (Fsp3) is 0.455. The molecule has 2 atom stereocenters. The minimum absolute atomic E-state index is 0.0564. The fourth-order valence-corrected chi connectivity index (χ4v) is 1.22. The van der Waals surface area contributed by atoms with Crippen molar-refractivity contribution >= 4 is 0 Å². The van der Waals surface area contributed by atoms with Crippen LogP contribution in [0.2, 0.25) is 0 Å². The second-order valence-corrected chi connectivity index (χ2v) is 3.62. The lowest BCUT2D eigenvalue weighted by molar-refractivity contribution is 0.134. The molecule has 0 aliphatic carbocycles. The summed E-state index contributed by atoms with van der Waals surface area (Å²) >= 11 is 0. The van der Waals surface area contributed by atoms with Crippen molar-refractivity contribution in [3.05, 3.63) is 35.4 Å². The van der Waals surface area contributed by atoms with E-state index in [2.05, 4.69) is 0 Å². The Hall–Kier alpha value is -0.960. The first-order valence-electron chi connectivity index (χ1n) is 4.63. The molecular formula is C11H14F2O. The third-order valence-corrected chi connectivity index (χ3v) is 2.41. The van der Waals surface area contributed by atoms with Crippen LogP contribution in [0, 0.1) is 17.6 Å². The van der Waals surface area contributed by atoms with Crippen molar-refractivity contribution in [2.45, 2.75) is 26.4 Å². The molecule has 0 aliphatic rings. The van der Waals surface area contributed by atoms with Gasteiger partial charge in [0.05, 0.1) is 6.10 Å². The van der Waals surface area contributed by atoms with Gasteiger partial charge in [-0.2, -0.15) is 0 Å². The van der Waals surface area contributed by atoms with E-state index in [9.17, 15) is 13.9 Å². The Labute approximate surface area is 82.4 Å². The van der Waals surface area contributed by atoms with Crippen molar-refractivity contribution in [1.29, 1.82) is 0 Å². The lowest BCUT2D eigenvalue weighted by Crippen LogP contribution is -2.16. The van der Waals surface area contributed by atoms with E-state index < -0.39 is 17.7 Å². The Balaban J connectivity index is 2.85. The van der Waals surface area contributed by atoms with E-state index in [4.69, 9.17) is 0 Å². The maximum atomic E-state index is 13.2. The van der Waals surface area contributed by atoms with Crippen LogP contribution in [0.3, 0.4) is 0 Å². The van der Waals surface area contributed by atoms with Gasteiger partial charge in [-0.25, -0.2) is 8.78 Å². The van der Waals surface area contributed by atoms with E-state index in [0.29, 0.717) is 0 Å². The summed E-state index contributed by atoms with van der Waals surface area (Å²) in [5.41, 5.74) is 0.0564. The van der Waals surface area contributed by atoms with Crippen molar-refractivity contribution in [3.63, 3.8) is 0 Å². The zero-order chi connectivity index (χ0) is 10.7. The Kier molecular flexibility index (Phi) is 3.58. The van der Waals surface area contributed by atoms with E-state index in [-0.39, 0.29) is 17.9 Å². The summed E-state index contributed by atoms with van der Waals surface area (Å²) in [6.07, 6.45) is -0.343. The average molecular weight is 200 g/mol. The van der Waals surface area contributed by atoms with Crippen molar-refractivity contribution in [3.8, 4) is 0 Å². The number of hydrogen-bond donors (Lipinski definition) is 1. The number of aliphatic hydroxyl groups is 1. The smallest absolute Gasteiger partial charge is 0.129 e. The molecule has 1 aromatic rings. The molecule has 0 bridgehead atoms. The van der Waals surface area contributed by atoms with Gasteiger partial charge in [-0.3, -0.25) is 0 Å². The molecule has 2 unspecified atom stereocenters. The molecule has 1 N–H and O–H groups in total. The van der Waals surface area contributed by atoms with Crippen LogP contribution in [0.1, 0.15) is 19.4 Å². The maximum absolute atomic E-state index is 13.2. The van der Waals surface area contributed by atoms with Gasteiger partial charge < -0.3 is 5.11 Å². The lowest BCUT2D eigenvalue weighted by Gasteiger charge is -2.15. The number of benzene rings is 1. The number of halogens is 2. The SMILES string of the molecule is CC(O)C(C)Cc1c(F)cccc1F. The van der Waals surface area contributed by atoms with Crippen LogP contribution >= 0.6 is 0 Å². The van der Waals surface area contributed by atoms with Gasteiger partial charge in [-0.1, -0.05) is 13.0 Å². The van der Waals surface area contributed by atoms with Crippen molar-refractivity contribution in [2.24, 2.45) is 5.92 Å². The summed E-state index contributed by atoms with van der Waals surface area (Å²) in [7, 11) is 0. The van der Waals surface area contributed by atoms with Crippen LogP contribution in [0.25, 0.3) is 0 Å². The number of aliphatic hydroxyl groups excluding tert-OH is 1. The predicted molar refractivity (Wildman–Crippen MR) is 50.9 cm³/mol. The van der Waals surface area contributed by atoms with Gasteiger partial charge in [0.1, 0.15) is 11.6 Å². The zero-order valence-corrected chi connectivity index (χ0v) is 8.30. The molecule has 0 amide bonds. The van der Waals surface area contributed by atoms with Gasteiger partial charge in [-0.05, 0) is 31.4 Å². The molecule has 3 heteroatoms. The highest BCUT2D eigenvalue weighted by atomic mass is 19.1. The lowest BCUT2D eigenvalue weighted by atomic mass is 9.96. The van der Waals surface area contributed by atoms with E-state index in [0.717, 1.165) is 0 Å². The molecule has 1 nitrogen and oxygen atoms in total. The maximum Gasteiger partial charge on any atom is 0.129 e. The largest absolute Gasteiger partial charge is 0.393 e. The number of hydrogen-bond acceptors (Lipinski definition) is 1. The predicted octanol–water partition coefficient (Wildman–Crippen LogP) is 2.52. The Bertz CT molecular complexity index is 290. The van der Waals surface area contributed by atoms with Crippen LogP contribution in [0.4, 0.5) is 8.78 Å². The number of rotatable bonds is 3. The Morgan fingerprint density at radius 3 is 2.14 bits per heavy atom. The van der Waals surface area contributed by atoms with Gasteiger partial charge in [-0.15, -0.1) is 0 Å². The molecule has 1 aromatic carbocycles. The van der Waals surface area contributed by atoms with Gasteiger partial charge in [0.15, 0.2) is 0 Å². The standard InChI is InChI=1S/C11H14F2O/c1-7(8(2)14)6-9-10(12)4-3-5-11(9)13/h3-5,7-8,14H,6H2,1-2H3. The minimum atomic E-state index is -0.561. The van der Waals surface area contributed by atoms with Gasteiger partial charge in [0.25, 0.3) is 0 Å². The molecule has 14 heavy (non-hydrogen) atoms. The van der Waals surface area contributed by atoms with Crippen LogP contribution in [0.5, 0.6) is 0 Å². The third kappa shape index (κ3) is 2.51. The Morgan fingerprint density at radius 1 is 1.21 bits per heavy atom. The second kappa shape index (κ2) is 4.51. The minimum Gasteiger partial charge on any atom is -0.393 e. The first-order chi connectivity index (χ1) is 6.52. The Morgan fingerprint density at radius 2 is 1.71 bits per heavy atom. The highest BCUT2D eigenvalue weighted by Crippen LogP contribution is 2.18. The van der Waals surface area contributed by atoms with Gasteiger partial charge >= 0.3 is 0 Å². The van der Waals surface area contributed by atoms with Gasteiger partial charge in [0, 0.05) is 5.56 Å². The van der Waals surface area contributed by atoms with Crippen LogP contribution in [-0.4, -0.2) is 11.2 Å². The molecule has 0 aromatic heterocycles.